The lowest BCUT2D eigenvalue weighted by molar-refractivity contribution is -0.136. The first-order valence-electron chi connectivity index (χ1n) is 7.84. The molecule has 3 rings (SSSR count). The van der Waals surface area contributed by atoms with Crippen molar-refractivity contribution in [2.24, 2.45) is 0 Å². The maximum absolute atomic E-state index is 12.1. The minimum absolute atomic E-state index is 0.0152. The molecule has 3 heterocycles. The van der Waals surface area contributed by atoms with Crippen molar-refractivity contribution in [3.8, 4) is 11.4 Å². The Bertz CT molecular complexity index is 733. The molecule has 0 bridgehead atoms. The van der Waals surface area contributed by atoms with Gasteiger partial charge in [-0.15, -0.1) is 0 Å². The van der Waals surface area contributed by atoms with Crippen molar-refractivity contribution < 1.29 is 9.53 Å². The molecule has 2 aromatic heterocycles. The van der Waals surface area contributed by atoms with E-state index in [2.05, 4.69) is 4.98 Å². The Labute approximate surface area is 141 Å². The van der Waals surface area contributed by atoms with Crippen LogP contribution in [0.1, 0.15) is 11.3 Å². The third-order valence-corrected chi connectivity index (χ3v) is 4.03. The second-order valence-electron chi connectivity index (χ2n) is 5.92. The Kier molecular flexibility index (Phi) is 4.71. The zero-order valence-corrected chi connectivity index (χ0v) is 14.2. The summed E-state index contributed by atoms with van der Waals surface area (Å²) in [5.41, 5.74) is 2.92. The molecule has 126 valence electrons. The minimum atomic E-state index is -0.0152. The molecule has 7 heteroatoms. The Balaban J connectivity index is 2.00. The Morgan fingerprint density at radius 1 is 1.29 bits per heavy atom. The summed E-state index contributed by atoms with van der Waals surface area (Å²) in [6, 6.07) is 3.77. The number of rotatable bonds is 4. The summed E-state index contributed by atoms with van der Waals surface area (Å²) >= 11 is 0. The monoisotopic (exact) mass is 327 g/mol. The van der Waals surface area contributed by atoms with Crippen molar-refractivity contribution >= 4 is 11.7 Å². The zero-order chi connectivity index (χ0) is 17.1. The Morgan fingerprint density at radius 2 is 2.04 bits per heavy atom. The first-order valence-corrected chi connectivity index (χ1v) is 7.84. The average Bonchev–Trinajstić information content (AvgIpc) is 2.61. The number of aromatic nitrogens is 3. The van der Waals surface area contributed by atoms with Crippen molar-refractivity contribution in [2.75, 3.05) is 39.3 Å². The standard InChI is InChI=1S/C17H21N5O2/c1-21(2)17-13-6-9-22(15(23)11-24-3)10-14(13)19-16(20-17)12-4-7-18-8-5-12/h4-5,7-8H,6,9-11H2,1-3H3. The van der Waals surface area contributed by atoms with E-state index >= 15 is 0 Å². The van der Waals surface area contributed by atoms with Crippen molar-refractivity contribution in [1.82, 2.24) is 19.9 Å². The van der Waals surface area contributed by atoms with Gasteiger partial charge in [-0.05, 0) is 18.6 Å². The SMILES string of the molecule is COCC(=O)N1CCc2c(nc(-c3ccncc3)nc2N(C)C)C1. The summed E-state index contributed by atoms with van der Waals surface area (Å²) in [7, 11) is 5.48. The van der Waals surface area contributed by atoms with Crippen molar-refractivity contribution in [3.05, 3.63) is 35.8 Å². The summed E-state index contributed by atoms with van der Waals surface area (Å²) in [6.07, 6.45) is 4.19. The fraction of sp³-hybridized carbons (Fsp3) is 0.412. The van der Waals surface area contributed by atoms with E-state index in [4.69, 9.17) is 14.7 Å². The maximum Gasteiger partial charge on any atom is 0.248 e. The van der Waals surface area contributed by atoms with E-state index < -0.39 is 0 Å². The summed E-state index contributed by atoms with van der Waals surface area (Å²) in [6.45, 7) is 1.24. The molecular weight excluding hydrogens is 306 g/mol. The smallest absolute Gasteiger partial charge is 0.248 e. The number of carbonyl (C=O) groups excluding carboxylic acids is 1. The van der Waals surface area contributed by atoms with Crippen LogP contribution in [0.4, 0.5) is 5.82 Å². The highest BCUT2D eigenvalue weighted by Crippen LogP contribution is 2.28. The first kappa shape index (κ1) is 16.3. The molecule has 0 aliphatic carbocycles. The van der Waals surface area contributed by atoms with Gasteiger partial charge in [-0.25, -0.2) is 9.97 Å². The average molecular weight is 327 g/mol. The fourth-order valence-corrected chi connectivity index (χ4v) is 2.84. The number of pyridine rings is 1. The minimum Gasteiger partial charge on any atom is -0.375 e. The Hall–Kier alpha value is -2.54. The molecule has 0 spiro atoms. The third-order valence-electron chi connectivity index (χ3n) is 4.03. The summed E-state index contributed by atoms with van der Waals surface area (Å²) in [4.78, 5) is 29.4. The molecule has 2 aromatic rings. The van der Waals surface area contributed by atoms with Crippen LogP contribution in [0, 0.1) is 0 Å². The number of ether oxygens (including phenoxy) is 1. The van der Waals surface area contributed by atoms with Crippen LogP contribution >= 0.6 is 0 Å². The van der Waals surface area contributed by atoms with Crippen LogP contribution in [0.2, 0.25) is 0 Å². The molecule has 0 saturated heterocycles. The van der Waals surface area contributed by atoms with Crippen LogP contribution in [0.3, 0.4) is 0 Å². The molecule has 0 fully saturated rings. The molecule has 0 unspecified atom stereocenters. The quantitative estimate of drug-likeness (QED) is 0.838. The number of methoxy groups -OCH3 is 1. The van der Waals surface area contributed by atoms with Crippen molar-refractivity contribution in [2.45, 2.75) is 13.0 Å². The summed E-state index contributed by atoms with van der Waals surface area (Å²) < 4.78 is 4.96. The molecule has 1 aliphatic rings. The van der Waals surface area contributed by atoms with Gasteiger partial charge in [0.25, 0.3) is 0 Å². The van der Waals surface area contributed by atoms with Gasteiger partial charge < -0.3 is 14.5 Å². The third kappa shape index (κ3) is 3.21. The van der Waals surface area contributed by atoms with Gasteiger partial charge in [0, 0.05) is 51.3 Å². The van der Waals surface area contributed by atoms with Gasteiger partial charge in [-0.1, -0.05) is 0 Å². The van der Waals surface area contributed by atoms with Crippen LogP contribution in [-0.4, -0.2) is 60.1 Å². The lowest BCUT2D eigenvalue weighted by atomic mass is 10.0. The summed E-state index contributed by atoms with van der Waals surface area (Å²) in [5.74, 6) is 1.55. The fourth-order valence-electron chi connectivity index (χ4n) is 2.84. The van der Waals surface area contributed by atoms with Crippen LogP contribution in [-0.2, 0) is 22.5 Å². The van der Waals surface area contributed by atoms with Crippen molar-refractivity contribution in [1.29, 1.82) is 0 Å². The number of amides is 1. The van der Waals surface area contributed by atoms with E-state index in [1.165, 1.54) is 7.11 Å². The topological polar surface area (TPSA) is 71.5 Å². The van der Waals surface area contributed by atoms with E-state index in [0.717, 1.165) is 29.1 Å². The highest BCUT2D eigenvalue weighted by molar-refractivity contribution is 5.78. The normalized spacial score (nSPS) is 13.5. The Morgan fingerprint density at radius 3 is 2.71 bits per heavy atom. The van der Waals surface area contributed by atoms with Gasteiger partial charge >= 0.3 is 0 Å². The zero-order valence-electron chi connectivity index (χ0n) is 14.2. The molecule has 0 aromatic carbocycles. The highest BCUT2D eigenvalue weighted by atomic mass is 16.5. The number of hydrogen-bond acceptors (Lipinski definition) is 6. The van der Waals surface area contributed by atoms with E-state index in [-0.39, 0.29) is 12.5 Å². The van der Waals surface area contributed by atoms with E-state index in [1.54, 1.807) is 17.3 Å². The lowest BCUT2D eigenvalue weighted by Gasteiger charge is -2.30. The maximum atomic E-state index is 12.1. The second-order valence-corrected chi connectivity index (χ2v) is 5.92. The number of fused-ring (bicyclic) bond motifs is 1. The number of nitrogens with zero attached hydrogens (tertiary/aromatic N) is 5. The second kappa shape index (κ2) is 6.92. The largest absolute Gasteiger partial charge is 0.375 e. The van der Waals surface area contributed by atoms with Crippen LogP contribution in [0.15, 0.2) is 24.5 Å². The predicted molar refractivity (Wildman–Crippen MR) is 90.6 cm³/mol. The van der Waals surface area contributed by atoms with Gasteiger partial charge in [-0.2, -0.15) is 0 Å². The van der Waals surface area contributed by atoms with E-state index in [0.29, 0.717) is 18.9 Å². The molecule has 0 saturated carbocycles. The molecule has 1 aliphatic heterocycles. The van der Waals surface area contributed by atoms with Gasteiger partial charge in [0.1, 0.15) is 12.4 Å². The molecule has 1 amide bonds. The van der Waals surface area contributed by atoms with Gasteiger partial charge in [0.15, 0.2) is 5.82 Å². The van der Waals surface area contributed by atoms with Gasteiger partial charge in [0.2, 0.25) is 5.91 Å². The summed E-state index contributed by atoms with van der Waals surface area (Å²) in [5, 5.41) is 0. The van der Waals surface area contributed by atoms with E-state index in [1.807, 2.05) is 31.1 Å². The van der Waals surface area contributed by atoms with Crippen LogP contribution in [0.25, 0.3) is 11.4 Å². The molecule has 7 nitrogen and oxygen atoms in total. The number of carbonyl (C=O) groups is 1. The van der Waals surface area contributed by atoms with Gasteiger partial charge in [0.05, 0.1) is 12.2 Å². The number of hydrogen-bond donors (Lipinski definition) is 0. The molecule has 24 heavy (non-hydrogen) atoms. The molecule has 0 radical (unpaired) electrons. The number of anilines is 1. The van der Waals surface area contributed by atoms with E-state index in [9.17, 15) is 4.79 Å². The molecular formula is C17H21N5O2. The molecule has 0 N–H and O–H groups in total. The predicted octanol–water partition coefficient (Wildman–Crippen LogP) is 1.14. The van der Waals surface area contributed by atoms with Crippen LogP contribution < -0.4 is 4.90 Å². The highest BCUT2D eigenvalue weighted by Gasteiger charge is 2.26. The van der Waals surface area contributed by atoms with Crippen LogP contribution in [0.5, 0.6) is 0 Å². The molecule has 0 atom stereocenters. The van der Waals surface area contributed by atoms with Crippen molar-refractivity contribution in [3.63, 3.8) is 0 Å². The lowest BCUT2D eigenvalue weighted by Crippen LogP contribution is -2.39. The first-order chi connectivity index (χ1) is 11.6. The van der Waals surface area contributed by atoms with Gasteiger partial charge in [-0.3, -0.25) is 9.78 Å².